The molecular weight excluding hydrogens is 326 g/mol. The molecule has 7 heteroatoms. The molecule has 0 unspecified atom stereocenters. The van der Waals surface area contributed by atoms with Crippen molar-refractivity contribution < 1.29 is 9.21 Å². The summed E-state index contributed by atoms with van der Waals surface area (Å²) in [6.07, 6.45) is 7.85. The molecule has 128 valence electrons. The van der Waals surface area contributed by atoms with Gasteiger partial charge in [-0.1, -0.05) is 0 Å². The first-order valence-electron chi connectivity index (χ1n) is 8.68. The van der Waals surface area contributed by atoms with Crippen LogP contribution in [0.3, 0.4) is 0 Å². The summed E-state index contributed by atoms with van der Waals surface area (Å²) in [5, 5.41) is 4.26. The molecule has 0 radical (unpaired) electrons. The second-order valence-corrected chi connectivity index (χ2v) is 7.68. The molecule has 2 aromatic heterocycles. The number of fused-ring (bicyclic) bond motifs is 1. The molecule has 0 bridgehead atoms. The van der Waals surface area contributed by atoms with Gasteiger partial charge in [-0.3, -0.25) is 4.79 Å². The van der Waals surface area contributed by atoms with E-state index in [4.69, 9.17) is 4.42 Å². The van der Waals surface area contributed by atoms with Gasteiger partial charge in [-0.2, -0.15) is 4.68 Å². The normalized spacial score (nSPS) is 17.8. The lowest BCUT2D eigenvalue weighted by Gasteiger charge is -2.26. The highest BCUT2D eigenvalue weighted by Crippen LogP contribution is 2.34. The van der Waals surface area contributed by atoms with Gasteiger partial charge in [-0.25, -0.2) is 4.79 Å². The van der Waals surface area contributed by atoms with E-state index in [2.05, 4.69) is 11.2 Å². The minimum atomic E-state index is -0.554. The average molecular weight is 347 g/mol. The molecule has 0 spiro atoms. The first-order valence-corrected chi connectivity index (χ1v) is 9.50. The van der Waals surface area contributed by atoms with E-state index in [0.29, 0.717) is 5.89 Å². The van der Waals surface area contributed by atoms with Gasteiger partial charge in [0, 0.05) is 18.0 Å². The number of amides is 1. The van der Waals surface area contributed by atoms with Crippen LogP contribution >= 0.6 is 11.3 Å². The van der Waals surface area contributed by atoms with Crippen molar-refractivity contribution >= 4 is 17.2 Å². The maximum atomic E-state index is 12.3. The first-order chi connectivity index (χ1) is 11.7. The lowest BCUT2D eigenvalue weighted by Crippen LogP contribution is -2.39. The van der Waals surface area contributed by atoms with Gasteiger partial charge in [-0.15, -0.1) is 16.4 Å². The van der Waals surface area contributed by atoms with Gasteiger partial charge in [-0.05, 0) is 56.6 Å². The molecule has 1 amide bonds. The smallest absolute Gasteiger partial charge is 0.387 e. The fourth-order valence-corrected chi connectivity index (χ4v) is 4.65. The van der Waals surface area contributed by atoms with Gasteiger partial charge in [0.1, 0.15) is 6.54 Å². The summed E-state index contributed by atoms with van der Waals surface area (Å²) in [4.78, 5) is 28.4. The minimum Gasteiger partial charge on any atom is -0.387 e. The van der Waals surface area contributed by atoms with Gasteiger partial charge in [0.25, 0.3) is 5.89 Å². The third-order valence-corrected chi connectivity index (χ3v) is 6.03. The Morgan fingerprint density at radius 2 is 1.96 bits per heavy atom. The van der Waals surface area contributed by atoms with E-state index in [9.17, 15) is 9.59 Å². The van der Waals surface area contributed by atoms with E-state index in [1.807, 2.05) is 4.90 Å². The highest BCUT2D eigenvalue weighted by Gasteiger charge is 2.21. The Hall–Kier alpha value is -1.89. The molecule has 24 heavy (non-hydrogen) atoms. The van der Waals surface area contributed by atoms with E-state index < -0.39 is 5.76 Å². The fraction of sp³-hybridized carbons (Fsp3) is 0.588. The molecular formula is C17H21N3O3S. The second-order valence-electron chi connectivity index (χ2n) is 6.54. The van der Waals surface area contributed by atoms with E-state index in [0.717, 1.165) is 48.3 Å². The highest BCUT2D eigenvalue weighted by atomic mass is 32.1. The molecule has 1 aliphatic carbocycles. The number of hydrogen-bond acceptors (Lipinski definition) is 5. The second kappa shape index (κ2) is 6.55. The monoisotopic (exact) mass is 347 g/mol. The van der Waals surface area contributed by atoms with Crippen molar-refractivity contribution in [3.05, 3.63) is 27.1 Å². The van der Waals surface area contributed by atoms with Gasteiger partial charge in [0.15, 0.2) is 0 Å². The van der Waals surface area contributed by atoms with Crippen LogP contribution in [0.5, 0.6) is 0 Å². The van der Waals surface area contributed by atoms with Crippen LogP contribution in [0.15, 0.2) is 15.3 Å². The number of carbonyl (C=O) groups excluding carboxylic acids is 1. The van der Waals surface area contributed by atoms with Crippen molar-refractivity contribution in [2.75, 3.05) is 13.1 Å². The van der Waals surface area contributed by atoms with Gasteiger partial charge in [0.2, 0.25) is 5.91 Å². The van der Waals surface area contributed by atoms with E-state index in [1.54, 1.807) is 11.3 Å². The van der Waals surface area contributed by atoms with Crippen molar-refractivity contribution in [2.24, 2.45) is 0 Å². The molecule has 4 rings (SSSR count). The molecule has 3 heterocycles. The number of thiophene rings is 1. The molecule has 0 saturated carbocycles. The Morgan fingerprint density at radius 3 is 2.75 bits per heavy atom. The number of aromatic nitrogens is 2. The number of piperidine rings is 1. The molecule has 0 N–H and O–H groups in total. The molecule has 0 atom stereocenters. The zero-order valence-electron chi connectivity index (χ0n) is 13.6. The summed E-state index contributed by atoms with van der Waals surface area (Å²) in [7, 11) is 0. The van der Waals surface area contributed by atoms with E-state index in [1.165, 1.54) is 29.7 Å². The number of carbonyl (C=O) groups is 1. The Kier molecular flexibility index (Phi) is 4.26. The van der Waals surface area contributed by atoms with E-state index >= 15 is 0 Å². The number of nitrogens with zero attached hydrogens (tertiary/aromatic N) is 3. The predicted molar refractivity (Wildman–Crippen MR) is 91.1 cm³/mol. The van der Waals surface area contributed by atoms with Crippen LogP contribution in [0, 0.1) is 0 Å². The predicted octanol–water partition coefficient (Wildman–Crippen LogP) is 2.46. The summed E-state index contributed by atoms with van der Waals surface area (Å²) >= 11 is 1.65. The quantitative estimate of drug-likeness (QED) is 0.855. The lowest BCUT2D eigenvalue weighted by atomic mass is 9.99. The topological polar surface area (TPSA) is 68.3 Å². The molecule has 1 saturated heterocycles. The molecule has 1 aliphatic heterocycles. The zero-order chi connectivity index (χ0) is 16.5. The van der Waals surface area contributed by atoms with Crippen molar-refractivity contribution in [3.8, 4) is 10.8 Å². The van der Waals surface area contributed by atoms with Crippen LogP contribution < -0.4 is 5.76 Å². The Balaban J connectivity index is 1.53. The largest absolute Gasteiger partial charge is 0.437 e. The maximum Gasteiger partial charge on any atom is 0.437 e. The van der Waals surface area contributed by atoms with Crippen LogP contribution in [0.1, 0.15) is 42.5 Å². The average Bonchev–Trinajstić information content (AvgIpc) is 3.19. The highest BCUT2D eigenvalue weighted by molar-refractivity contribution is 7.15. The first kappa shape index (κ1) is 15.6. The molecule has 0 aromatic carbocycles. The third-order valence-electron chi connectivity index (χ3n) is 4.81. The lowest BCUT2D eigenvalue weighted by molar-refractivity contribution is -0.133. The number of rotatable bonds is 3. The minimum absolute atomic E-state index is 0.0343. The number of likely N-dealkylation sites (tertiary alicyclic amines) is 1. The van der Waals surface area contributed by atoms with Crippen LogP contribution in [-0.4, -0.2) is 33.7 Å². The molecule has 6 nitrogen and oxygen atoms in total. The Labute approximate surface area is 144 Å². The summed E-state index contributed by atoms with van der Waals surface area (Å²) in [6, 6.07) is 2.08. The number of aryl methyl sites for hydroxylation is 2. The fourth-order valence-electron chi connectivity index (χ4n) is 3.47. The van der Waals surface area contributed by atoms with E-state index in [-0.39, 0.29) is 12.5 Å². The van der Waals surface area contributed by atoms with Crippen molar-refractivity contribution in [2.45, 2.75) is 51.5 Å². The van der Waals surface area contributed by atoms with Crippen molar-refractivity contribution in [1.29, 1.82) is 0 Å². The third kappa shape index (κ3) is 3.05. The maximum absolute atomic E-state index is 12.3. The summed E-state index contributed by atoms with van der Waals surface area (Å²) in [5.41, 5.74) is 1.35. The standard InChI is InChI=1S/C17H21N3O3S/c21-15(19-8-4-1-5-9-19)11-20-17(22)23-16(18-20)14-10-12-6-2-3-7-13(12)24-14/h10H,1-9,11H2. The summed E-state index contributed by atoms with van der Waals surface area (Å²) in [5.74, 6) is -0.269. The molecule has 2 aromatic rings. The van der Waals surface area contributed by atoms with Crippen LogP contribution in [0.2, 0.25) is 0 Å². The van der Waals surface area contributed by atoms with Gasteiger partial charge in [0.05, 0.1) is 4.88 Å². The summed E-state index contributed by atoms with van der Waals surface area (Å²) < 4.78 is 6.46. The Bertz CT molecular complexity index is 775. The summed E-state index contributed by atoms with van der Waals surface area (Å²) in [6.45, 7) is 1.51. The molecule has 1 fully saturated rings. The van der Waals surface area contributed by atoms with Gasteiger partial charge < -0.3 is 9.32 Å². The van der Waals surface area contributed by atoms with Crippen LogP contribution in [0.25, 0.3) is 10.8 Å². The zero-order valence-corrected chi connectivity index (χ0v) is 14.4. The van der Waals surface area contributed by atoms with Crippen LogP contribution in [-0.2, 0) is 24.2 Å². The van der Waals surface area contributed by atoms with Crippen LogP contribution in [0.4, 0.5) is 0 Å². The number of hydrogen-bond donors (Lipinski definition) is 0. The van der Waals surface area contributed by atoms with Crippen molar-refractivity contribution in [3.63, 3.8) is 0 Å². The van der Waals surface area contributed by atoms with Gasteiger partial charge >= 0.3 is 5.76 Å². The van der Waals surface area contributed by atoms with Crippen molar-refractivity contribution in [1.82, 2.24) is 14.7 Å². The Morgan fingerprint density at radius 1 is 1.17 bits per heavy atom. The molecule has 2 aliphatic rings. The SMILES string of the molecule is O=C(Cn1nc(-c2cc3c(s2)CCCC3)oc1=O)N1CCCCC1.